The summed E-state index contributed by atoms with van der Waals surface area (Å²) in [6.45, 7) is 0.820. The first-order valence-corrected chi connectivity index (χ1v) is 8.40. The molecular formula is C14H16BrNOS. The van der Waals surface area contributed by atoms with Gasteiger partial charge in [-0.3, -0.25) is 4.79 Å². The summed E-state index contributed by atoms with van der Waals surface area (Å²) in [5.41, 5.74) is 1.55. The summed E-state index contributed by atoms with van der Waals surface area (Å²) in [6, 6.07) is 8.24. The Morgan fingerprint density at radius 3 is 2.94 bits per heavy atom. The maximum absolute atomic E-state index is 12.3. The van der Waals surface area contributed by atoms with E-state index in [-0.39, 0.29) is 11.8 Å². The number of hydrogen-bond donors (Lipinski definition) is 1. The maximum Gasteiger partial charge on any atom is 0.228 e. The van der Waals surface area contributed by atoms with Crippen LogP contribution in [0.1, 0.15) is 24.3 Å². The van der Waals surface area contributed by atoms with Gasteiger partial charge in [-0.2, -0.15) is 0 Å². The van der Waals surface area contributed by atoms with Gasteiger partial charge in [0.05, 0.1) is 5.92 Å². The maximum atomic E-state index is 12.3. The molecule has 1 atom stereocenters. The molecule has 1 amide bonds. The minimum atomic E-state index is 0.0392. The number of nitrogens with one attached hydrogen (secondary N) is 1. The Bertz CT molecular complexity index is 473. The van der Waals surface area contributed by atoms with Crippen LogP contribution in [0.4, 0.5) is 0 Å². The second kappa shape index (κ2) is 4.89. The smallest absolute Gasteiger partial charge is 0.228 e. The van der Waals surface area contributed by atoms with Crippen molar-refractivity contribution in [3.63, 3.8) is 0 Å². The average molecular weight is 326 g/mol. The monoisotopic (exact) mass is 325 g/mol. The van der Waals surface area contributed by atoms with Crippen molar-refractivity contribution in [1.29, 1.82) is 0 Å². The van der Waals surface area contributed by atoms with Crippen LogP contribution in [0, 0.1) is 5.41 Å². The minimum absolute atomic E-state index is 0.0392. The molecule has 1 aliphatic heterocycles. The Labute approximate surface area is 120 Å². The highest BCUT2D eigenvalue weighted by molar-refractivity contribution is 9.09. The molecule has 0 aromatic heterocycles. The summed E-state index contributed by atoms with van der Waals surface area (Å²) in [5.74, 6) is 1.11. The summed E-state index contributed by atoms with van der Waals surface area (Å²) >= 11 is 5.33. The topological polar surface area (TPSA) is 29.1 Å². The lowest BCUT2D eigenvalue weighted by atomic mass is 10.00. The fraction of sp³-hybridized carbons (Fsp3) is 0.500. The van der Waals surface area contributed by atoms with Gasteiger partial charge in [-0.25, -0.2) is 0 Å². The predicted molar refractivity (Wildman–Crippen MR) is 78.4 cm³/mol. The van der Waals surface area contributed by atoms with Crippen LogP contribution in [0.25, 0.3) is 0 Å². The summed E-state index contributed by atoms with van der Waals surface area (Å²) in [5, 5.41) is 4.13. The number of fused-ring (bicyclic) bond motifs is 1. The molecule has 0 radical (unpaired) electrons. The Morgan fingerprint density at radius 1 is 1.44 bits per heavy atom. The molecular weight excluding hydrogens is 310 g/mol. The Kier molecular flexibility index (Phi) is 3.41. The number of carbonyl (C=O) groups excluding carboxylic acids is 1. The molecule has 18 heavy (non-hydrogen) atoms. The molecule has 1 heterocycles. The molecule has 1 aromatic carbocycles. The molecule has 1 aliphatic carbocycles. The number of amides is 1. The van der Waals surface area contributed by atoms with Crippen molar-refractivity contribution in [2.45, 2.75) is 23.7 Å². The van der Waals surface area contributed by atoms with E-state index in [1.807, 2.05) is 12.1 Å². The highest BCUT2D eigenvalue weighted by Gasteiger charge is 2.42. The average Bonchev–Trinajstić information content (AvgIpc) is 3.07. The largest absolute Gasteiger partial charge is 0.355 e. The van der Waals surface area contributed by atoms with Crippen molar-refractivity contribution in [1.82, 2.24) is 5.32 Å². The van der Waals surface area contributed by atoms with Gasteiger partial charge in [0.1, 0.15) is 0 Å². The van der Waals surface area contributed by atoms with Crippen molar-refractivity contribution in [2.75, 3.05) is 17.6 Å². The lowest BCUT2D eigenvalue weighted by molar-refractivity contribution is -0.122. The zero-order valence-electron chi connectivity index (χ0n) is 10.1. The van der Waals surface area contributed by atoms with E-state index in [1.54, 1.807) is 11.8 Å². The zero-order chi connectivity index (χ0) is 12.6. The first-order chi connectivity index (χ1) is 8.74. The summed E-state index contributed by atoms with van der Waals surface area (Å²) in [7, 11) is 0. The number of halogens is 1. The van der Waals surface area contributed by atoms with Crippen LogP contribution in [0.2, 0.25) is 0 Å². The first-order valence-electron chi connectivity index (χ1n) is 6.29. The minimum Gasteiger partial charge on any atom is -0.355 e. The molecule has 1 aromatic rings. The molecule has 96 valence electrons. The van der Waals surface area contributed by atoms with Gasteiger partial charge in [-0.05, 0) is 29.9 Å². The third kappa shape index (κ3) is 2.32. The summed E-state index contributed by atoms with van der Waals surface area (Å²) < 4.78 is 0. The highest BCUT2D eigenvalue weighted by Crippen LogP contribution is 2.46. The number of alkyl halides is 1. The van der Waals surface area contributed by atoms with Gasteiger partial charge in [0, 0.05) is 22.5 Å². The van der Waals surface area contributed by atoms with E-state index < -0.39 is 0 Å². The summed E-state index contributed by atoms with van der Waals surface area (Å²) in [6.07, 6.45) is 2.46. The molecule has 1 N–H and O–H groups in total. The number of carbonyl (C=O) groups is 1. The number of rotatable bonds is 4. The third-order valence-electron chi connectivity index (χ3n) is 3.89. The van der Waals surface area contributed by atoms with Crippen molar-refractivity contribution in [3.8, 4) is 0 Å². The van der Waals surface area contributed by atoms with Crippen LogP contribution < -0.4 is 5.32 Å². The van der Waals surface area contributed by atoms with E-state index >= 15 is 0 Å². The molecule has 2 aliphatic rings. The normalized spacial score (nSPS) is 23.5. The van der Waals surface area contributed by atoms with Crippen LogP contribution in [0.5, 0.6) is 0 Å². The van der Waals surface area contributed by atoms with E-state index in [0.717, 1.165) is 17.6 Å². The SMILES string of the molecule is O=C(NCC1(CBr)CC1)C1CSc2ccccc21. The van der Waals surface area contributed by atoms with E-state index in [0.29, 0.717) is 5.41 Å². The zero-order valence-corrected chi connectivity index (χ0v) is 12.5. The van der Waals surface area contributed by atoms with Crippen LogP contribution >= 0.6 is 27.7 Å². The molecule has 0 bridgehead atoms. The Morgan fingerprint density at radius 2 is 2.22 bits per heavy atom. The van der Waals surface area contributed by atoms with E-state index in [4.69, 9.17) is 0 Å². The second-order valence-electron chi connectivity index (χ2n) is 5.25. The first kappa shape index (κ1) is 12.5. The molecule has 0 saturated heterocycles. The van der Waals surface area contributed by atoms with Crippen molar-refractivity contribution >= 4 is 33.6 Å². The van der Waals surface area contributed by atoms with E-state index in [1.165, 1.54) is 23.3 Å². The number of hydrogen-bond acceptors (Lipinski definition) is 2. The van der Waals surface area contributed by atoms with Crippen molar-refractivity contribution in [2.24, 2.45) is 5.41 Å². The molecule has 1 fully saturated rings. The lowest BCUT2D eigenvalue weighted by Crippen LogP contribution is -2.34. The predicted octanol–water partition coefficient (Wildman–Crippen LogP) is 3.17. The molecule has 1 unspecified atom stereocenters. The molecule has 0 spiro atoms. The fourth-order valence-electron chi connectivity index (χ4n) is 2.31. The van der Waals surface area contributed by atoms with E-state index in [9.17, 15) is 4.79 Å². The fourth-order valence-corrected chi connectivity index (χ4v) is 4.30. The van der Waals surface area contributed by atoms with Crippen LogP contribution in [-0.2, 0) is 4.79 Å². The third-order valence-corrected chi connectivity index (χ3v) is 6.27. The summed E-state index contributed by atoms with van der Waals surface area (Å²) in [4.78, 5) is 13.5. The standard InChI is InChI=1S/C14H16BrNOS/c15-8-14(5-6-14)9-16-13(17)11-7-18-12-4-2-1-3-10(11)12/h1-4,11H,5-9H2,(H,16,17). The second-order valence-corrected chi connectivity index (χ2v) is 6.88. The molecule has 3 rings (SSSR count). The number of benzene rings is 1. The van der Waals surface area contributed by atoms with Gasteiger partial charge in [-0.15, -0.1) is 11.8 Å². The number of thioether (sulfide) groups is 1. The Balaban J connectivity index is 1.64. The van der Waals surface area contributed by atoms with Gasteiger partial charge in [0.2, 0.25) is 5.91 Å². The van der Waals surface area contributed by atoms with Gasteiger partial charge in [0.15, 0.2) is 0 Å². The van der Waals surface area contributed by atoms with Gasteiger partial charge in [0.25, 0.3) is 0 Å². The van der Waals surface area contributed by atoms with Gasteiger partial charge < -0.3 is 5.32 Å². The quantitative estimate of drug-likeness (QED) is 0.861. The van der Waals surface area contributed by atoms with E-state index in [2.05, 4.69) is 33.4 Å². The molecule has 2 nitrogen and oxygen atoms in total. The molecule has 1 saturated carbocycles. The highest BCUT2D eigenvalue weighted by atomic mass is 79.9. The van der Waals surface area contributed by atoms with Crippen LogP contribution in [-0.4, -0.2) is 23.5 Å². The van der Waals surface area contributed by atoms with Gasteiger partial charge in [-0.1, -0.05) is 34.1 Å². The molecule has 4 heteroatoms. The van der Waals surface area contributed by atoms with Crippen LogP contribution in [0.3, 0.4) is 0 Å². The van der Waals surface area contributed by atoms with Crippen molar-refractivity contribution < 1.29 is 4.79 Å². The lowest BCUT2D eigenvalue weighted by Gasteiger charge is -2.16. The van der Waals surface area contributed by atoms with Crippen molar-refractivity contribution in [3.05, 3.63) is 29.8 Å². The van der Waals surface area contributed by atoms with Crippen LogP contribution in [0.15, 0.2) is 29.2 Å². The van der Waals surface area contributed by atoms with Gasteiger partial charge >= 0.3 is 0 Å². The Hall–Kier alpha value is -0.480.